The van der Waals surface area contributed by atoms with Crippen molar-refractivity contribution in [1.29, 1.82) is 0 Å². The molecule has 0 saturated carbocycles. The lowest BCUT2D eigenvalue weighted by Gasteiger charge is -2.08. The standard InChI is InChI=1S/C13H15N3O4S/c1-3-8-6-12(16-15-8)14-11-5-4-9(21(2,19)20)7-10(11)13(17)18/h4-7H,3H2,1-2H3,(H,17,18)(H2,14,15,16). The first-order valence-corrected chi connectivity index (χ1v) is 8.09. The smallest absolute Gasteiger partial charge is 0.337 e. The van der Waals surface area contributed by atoms with Crippen molar-refractivity contribution in [3.05, 3.63) is 35.5 Å². The Hall–Kier alpha value is -2.35. The van der Waals surface area contributed by atoms with Gasteiger partial charge in [0.15, 0.2) is 15.7 Å². The SMILES string of the molecule is CCc1cc(Nc2ccc(S(C)(=O)=O)cc2C(=O)O)n[nH]1. The Kier molecular flexibility index (Phi) is 3.99. The molecule has 0 unspecified atom stereocenters. The van der Waals surface area contributed by atoms with Crippen molar-refractivity contribution in [2.45, 2.75) is 18.2 Å². The average Bonchev–Trinajstić information content (AvgIpc) is 2.85. The van der Waals surface area contributed by atoms with Gasteiger partial charge in [-0.15, -0.1) is 0 Å². The van der Waals surface area contributed by atoms with E-state index >= 15 is 0 Å². The van der Waals surface area contributed by atoms with E-state index in [-0.39, 0.29) is 16.1 Å². The van der Waals surface area contributed by atoms with Crippen LogP contribution in [0, 0.1) is 0 Å². The number of benzene rings is 1. The summed E-state index contributed by atoms with van der Waals surface area (Å²) in [6, 6.07) is 5.67. The van der Waals surface area contributed by atoms with Gasteiger partial charge in [0, 0.05) is 18.0 Å². The van der Waals surface area contributed by atoms with E-state index in [4.69, 9.17) is 0 Å². The predicted molar refractivity (Wildman–Crippen MR) is 77.8 cm³/mol. The molecule has 0 radical (unpaired) electrons. The average molecular weight is 309 g/mol. The fourth-order valence-corrected chi connectivity index (χ4v) is 2.43. The second kappa shape index (κ2) is 5.57. The van der Waals surface area contributed by atoms with E-state index in [1.54, 1.807) is 6.07 Å². The highest BCUT2D eigenvalue weighted by Gasteiger charge is 2.16. The number of carboxylic acid groups (broad SMARTS) is 1. The monoisotopic (exact) mass is 309 g/mol. The molecule has 0 bridgehead atoms. The largest absolute Gasteiger partial charge is 0.478 e. The molecule has 21 heavy (non-hydrogen) atoms. The Balaban J connectivity index is 2.41. The molecule has 1 aromatic carbocycles. The van der Waals surface area contributed by atoms with Crippen LogP contribution in [-0.4, -0.2) is 35.9 Å². The van der Waals surface area contributed by atoms with Crippen molar-refractivity contribution in [1.82, 2.24) is 10.2 Å². The fraction of sp³-hybridized carbons (Fsp3) is 0.231. The number of nitrogens with one attached hydrogen (secondary N) is 2. The lowest BCUT2D eigenvalue weighted by molar-refractivity contribution is 0.0697. The molecule has 8 heteroatoms. The minimum atomic E-state index is -3.46. The van der Waals surface area contributed by atoms with Crippen molar-refractivity contribution < 1.29 is 18.3 Å². The van der Waals surface area contributed by atoms with Crippen LogP contribution in [0.1, 0.15) is 23.0 Å². The molecule has 0 amide bonds. The molecule has 0 atom stereocenters. The number of aromatic nitrogens is 2. The highest BCUT2D eigenvalue weighted by Crippen LogP contribution is 2.24. The zero-order valence-electron chi connectivity index (χ0n) is 11.5. The number of nitrogens with zero attached hydrogens (tertiary/aromatic N) is 1. The molecular weight excluding hydrogens is 294 g/mol. The Morgan fingerprint density at radius 1 is 1.38 bits per heavy atom. The molecule has 0 aliphatic heterocycles. The molecule has 112 valence electrons. The first-order valence-electron chi connectivity index (χ1n) is 6.20. The molecule has 1 heterocycles. The van der Waals surface area contributed by atoms with Gasteiger partial charge in [-0.1, -0.05) is 6.92 Å². The van der Waals surface area contributed by atoms with E-state index in [9.17, 15) is 18.3 Å². The third kappa shape index (κ3) is 3.40. The number of aryl methyl sites for hydroxylation is 1. The molecule has 0 saturated heterocycles. The van der Waals surface area contributed by atoms with Gasteiger partial charge >= 0.3 is 5.97 Å². The Morgan fingerprint density at radius 2 is 2.10 bits per heavy atom. The molecule has 0 fully saturated rings. The number of sulfone groups is 1. The zero-order valence-corrected chi connectivity index (χ0v) is 12.4. The number of rotatable bonds is 5. The van der Waals surface area contributed by atoms with Crippen LogP contribution in [-0.2, 0) is 16.3 Å². The third-order valence-electron chi connectivity index (χ3n) is 2.92. The van der Waals surface area contributed by atoms with E-state index in [0.717, 1.165) is 24.4 Å². The molecule has 1 aromatic heterocycles. The van der Waals surface area contributed by atoms with Crippen LogP contribution in [0.5, 0.6) is 0 Å². The highest BCUT2D eigenvalue weighted by atomic mass is 32.2. The first-order chi connectivity index (χ1) is 9.81. The maximum absolute atomic E-state index is 11.5. The number of aromatic carboxylic acids is 1. The van der Waals surface area contributed by atoms with Gasteiger partial charge in [0.05, 0.1) is 16.1 Å². The molecule has 7 nitrogen and oxygen atoms in total. The van der Waals surface area contributed by atoms with Gasteiger partial charge in [-0.3, -0.25) is 5.10 Å². The summed E-state index contributed by atoms with van der Waals surface area (Å²) in [5.74, 6) is -0.740. The summed E-state index contributed by atoms with van der Waals surface area (Å²) in [6.45, 7) is 1.96. The summed E-state index contributed by atoms with van der Waals surface area (Å²) in [5, 5.41) is 18.9. The summed E-state index contributed by atoms with van der Waals surface area (Å²) in [7, 11) is -3.46. The number of aromatic amines is 1. The van der Waals surface area contributed by atoms with Gasteiger partial charge in [0.25, 0.3) is 0 Å². The van der Waals surface area contributed by atoms with Crippen molar-refractivity contribution in [2.24, 2.45) is 0 Å². The number of anilines is 2. The van der Waals surface area contributed by atoms with Crippen LogP contribution in [0.15, 0.2) is 29.2 Å². The number of carbonyl (C=O) groups is 1. The minimum Gasteiger partial charge on any atom is -0.478 e. The van der Waals surface area contributed by atoms with Crippen molar-refractivity contribution in [3.63, 3.8) is 0 Å². The van der Waals surface area contributed by atoms with Crippen LogP contribution in [0.4, 0.5) is 11.5 Å². The van der Waals surface area contributed by atoms with E-state index in [1.807, 2.05) is 6.92 Å². The highest BCUT2D eigenvalue weighted by molar-refractivity contribution is 7.90. The number of carboxylic acids is 1. The Labute approximate surface area is 121 Å². The maximum Gasteiger partial charge on any atom is 0.337 e. The van der Waals surface area contributed by atoms with Crippen LogP contribution in [0.2, 0.25) is 0 Å². The number of hydrogen-bond donors (Lipinski definition) is 3. The van der Waals surface area contributed by atoms with E-state index in [2.05, 4.69) is 15.5 Å². The van der Waals surface area contributed by atoms with Gasteiger partial charge in [-0.25, -0.2) is 13.2 Å². The van der Waals surface area contributed by atoms with Crippen LogP contribution < -0.4 is 5.32 Å². The van der Waals surface area contributed by atoms with Gasteiger partial charge in [-0.05, 0) is 24.6 Å². The van der Waals surface area contributed by atoms with Crippen molar-refractivity contribution in [2.75, 3.05) is 11.6 Å². The summed E-state index contributed by atoms with van der Waals surface area (Å²) in [5.41, 5.74) is 1.06. The van der Waals surface area contributed by atoms with Gasteiger partial charge in [-0.2, -0.15) is 5.10 Å². The van der Waals surface area contributed by atoms with E-state index < -0.39 is 15.8 Å². The summed E-state index contributed by atoms with van der Waals surface area (Å²) < 4.78 is 23.0. The normalized spacial score (nSPS) is 11.3. The minimum absolute atomic E-state index is 0.0401. The molecule has 0 aliphatic rings. The van der Waals surface area contributed by atoms with Crippen molar-refractivity contribution in [3.8, 4) is 0 Å². The molecule has 2 aromatic rings. The van der Waals surface area contributed by atoms with E-state index in [0.29, 0.717) is 5.82 Å². The molecule has 3 N–H and O–H groups in total. The third-order valence-corrected chi connectivity index (χ3v) is 4.03. The summed E-state index contributed by atoms with van der Waals surface area (Å²) in [6.07, 6.45) is 1.80. The molecular formula is C13H15N3O4S. The molecule has 2 rings (SSSR count). The zero-order chi connectivity index (χ0) is 15.6. The maximum atomic E-state index is 11.5. The molecule has 0 spiro atoms. The fourth-order valence-electron chi connectivity index (χ4n) is 1.78. The van der Waals surface area contributed by atoms with Gasteiger partial charge < -0.3 is 10.4 Å². The lowest BCUT2D eigenvalue weighted by Crippen LogP contribution is -2.06. The lowest BCUT2D eigenvalue weighted by atomic mass is 10.2. The second-order valence-electron chi connectivity index (χ2n) is 4.54. The van der Waals surface area contributed by atoms with E-state index in [1.165, 1.54) is 12.1 Å². The summed E-state index contributed by atoms with van der Waals surface area (Å²) in [4.78, 5) is 11.2. The Morgan fingerprint density at radius 3 is 2.62 bits per heavy atom. The van der Waals surface area contributed by atoms with Crippen molar-refractivity contribution >= 4 is 27.3 Å². The molecule has 0 aliphatic carbocycles. The van der Waals surface area contributed by atoms with Gasteiger partial charge in [0.1, 0.15) is 0 Å². The topological polar surface area (TPSA) is 112 Å². The van der Waals surface area contributed by atoms with Crippen LogP contribution in [0.25, 0.3) is 0 Å². The predicted octanol–water partition coefficient (Wildman–Crippen LogP) is 1.82. The quantitative estimate of drug-likeness (QED) is 0.776. The number of H-pyrrole nitrogens is 1. The second-order valence-corrected chi connectivity index (χ2v) is 6.56. The Bertz CT molecular complexity index is 780. The number of hydrogen-bond acceptors (Lipinski definition) is 5. The van der Waals surface area contributed by atoms with Gasteiger partial charge in [0.2, 0.25) is 0 Å². The van der Waals surface area contributed by atoms with Crippen LogP contribution >= 0.6 is 0 Å². The summed E-state index contributed by atoms with van der Waals surface area (Å²) >= 11 is 0. The van der Waals surface area contributed by atoms with Crippen LogP contribution in [0.3, 0.4) is 0 Å². The first kappa shape index (κ1) is 15.0.